The smallest absolute Gasteiger partial charge is 0.345 e. The molecule has 0 radical (unpaired) electrons. The molecular weight excluding hydrogens is 957 g/mol. The van der Waals surface area contributed by atoms with Crippen molar-refractivity contribution in [1.29, 1.82) is 0 Å². The second-order valence-electron chi connectivity index (χ2n) is 13.5. The first-order valence-corrected chi connectivity index (χ1v) is 22.8. The number of aryl methyl sites for hydroxylation is 2. The van der Waals surface area contributed by atoms with Gasteiger partial charge in [-0.1, -0.05) is 48.3 Å². The molecule has 1 heterocycles. The van der Waals surface area contributed by atoms with E-state index in [0.29, 0.717) is 29.3 Å². The standard InChI is InChI=1S/C15H22ClNO2.C14H9Cl2NO5.C8H14ClN5.C3H8NO5P/c1-5-13-8-6-7-11(2)15(13)17(14(18)9-16)12(3)10-19-4;1-21-14(18)10-7-9(3-4-12(10)17(19)20)22-13-5-2-8(15)6-11(13)16;1-4-10-7-12-6(9)13-8(14-7)11-5(2)3;5-3(6)1-4-2-10(7,8)9/h6-8,12H,5,9-10H2,1-4H3;2-7H,1H3;5H,4H2,1-3H3,(H2,10,11,12,13,14);4H,1-2H2,(H,5,6)(H2,7,8,9). The molecule has 0 fully saturated rings. The molecule has 25 heteroatoms. The monoisotopic (exact) mass is 1010 g/mol. The van der Waals surface area contributed by atoms with Crippen LogP contribution in [0, 0.1) is 17.0 Å². The minimum atomic E-state index is -4.10. The lowest BCUT2D eigenvalue weighted by atomic mass is 10.0. The first-order chi connectivity index (χ1) is 30.5. The van der Waals surface area contributed by atoms with Crippen molar-refractivity contribution < 1.29 is 53.0 Å². The van der Waals surface area contributed by atoms with Crippen LogP contribution in [0.2, 0.25) is 15.3 Å². The van der Waals surface area contributed by atoms with E-state index >= 15 is 0 Å². The Labute approximate surface area is 396 Å². The number of halogens is 4. The fourth-order valence-corrected chi connectivity index (χ4v) is 6.37. The zero-order chi connectivity index (χ0) is 49.4. The van der Waals surface area contributed by atoms with Crippen LogP contribution in [-0.4, -0.2) is 111 Å². The molecule has 20 nitrogen and oxygen atoms in total. The molecule has 0 saturated carbocycles. The topological polar surface area (TPSA) is 278 Å². The van der Waals surface area contributed by atoms with E-state index in [4.69, 9.17) is 70.8 Å². The van der Waals surface area contributed by atoms with Crippen LogP contribution in [-0.2, 0) is 30.0 Å². The van der Waals surface area contributed by atoms with Gasteiger partial charge < -0.3 is 44.6 Å². The van der Waals surface area contributed by atoms with E-state index in [1.807, 2.05) is 46.8 Å². The van der Waals surface area contributed by atoms with Crippen molar-refractivity contribution >= 4 is 95.1 Å². The van der Waals surface area contributed by atoms with Crippen LogP contribution >= 0.6 is 54.0 Å². The van der Waals surface area contributed by atoms with Crippen LogP contribution in [0.15, 0.2) is 54.6 Å². The number of anilines is 3. The quantitative estimate of drug-likeness (QED) is 0.0180. The predicted molar refractivity (Wildman–Crippen MR) is 251 cm³/mol. The number of esters is 1. The largest absolute Gasteiger partial charge is 0.480 e. The summed E-state index contributed by atoms with van der Waals surface area (Å²) < 4.78 is 25.3. The molecule has 0 saturated heterocycles. The zero-order valence-corrected chi connectivity index (χ0v) is 40.7. The summed E-state index contributed by atoms with van der Waals surface area (Å²) in [4.78, 5) is 74.0. The molecule has 1 atom stereocenters. The van der Waals surface area contributed by atoms with Crippen molar-refractivity contribution in [1.82, 2.24) is 20.3 Å². The minimum absolute atomic E-state index is 0.0223. The summed E-state index contributed by atoms with van der Waals surface area (Å²) >= 11 is 23.3. The number of methoxy groups -OCH3 is 2. The van der Waals surface area contributed by atoms with Crippen LogP contribution in [0.1, 0.15) is 56.1 Å². The molecule has 0 aliphatic heterocycles. The summed E-state index contributed by atoms with van der Waals surface area (Å²) in [5.41, 5.74) is 2.62. The number of nitrogens with one attached hydrogen (secondary N) is 3. The number of aromatic nitrogens is 3. The number of para-hydroxylation sites is 1. The number of ether oxygens (including phenoxy) is 3. The van der Waals surface area contributed by atoms with E-state index in [0.717, 1.165) is 43.0 Å². The zero-order valence-electron chi connectivity index (χ0n) is 36.8. The van der Waals surface area contributed by atoms with Crippen LogP contribution in [0.5, 0.6) is 11.5 Å². The SMILES string of the molecule is CCNc1nc(Cl)nc(NC(C)C)n1.CCc1cccc(C)c1N(C(=O)CCl)C(C)COC.COC(=O)c1cc(Oc2ccc(Cl)cc2Cl)ccc1[N+](=O)[O-].O=C(O)CNCP(=O)(O)O. The molecule has 6 N–H and O–H groups in total. The first-order valence-electron chi connectivity index (χ1n) is 19.4. The van der Waals surface area contributed by atoms with Gasteiger partial charge in [-0.2, -0.15) is 15.0 Å². The maximum absolute atomic E-state index is 12.2. The summed E-state index contributed by atoms with van der Waals surface area (Å²) in [5.74, 6) is -0.591. The number of alkyl halides is 1. The second kappa shape index (κ2) is 29.6. The van der Waals surface area contributed by atoms with Gasteiger partial charge in [0.15, 0.2) is 0 Å². The van der Waals surface area contributed by atoms with Gasteiger partial charge in [0, 0.05) is 36.9 Å². The summed E-state index contributed by atoms with van der Waals surface area (Å²) in [6.45, 7) is 12.8. The summed E-state index contributed by atoms with van der Waals surface area (Å²) in [6.07, 6.45) is 0.280. The maximum atomic E-state index is 12.2. The third-order valence-corrected chi connectivity index (χ3v) is 9.38. The highest BCUT2D eigenvalue weighted by Crippen LogP contribution is 2.34. The molecule has 1 amide bonds. The maximum Gasteiger partial charge on any atom is 0.345 e. The van der Waals surface area contributed by atoms with Crippen LogP contribution < -0.4 is 25.6 Å². The molecule has 4 aromatic rings. The lowest BCUT2D eigenvalue weighted by molar-refractivity contribution is -0.385. The fraction of sp³-hybridized carbons (Fsp3) is 0.400. The molecule has 0 bridgehead atoms. The highest BCUT2D eigenvalue weighted by molar-refractivity contribution is 7.51. The van der Waals surface area contributed by atoms with Crippen LogP contribution in [0.25, 0.3) is 0 Å². The van der Waals surface area contributed by atoms with Gasteiger partial charge >= 0.3 is 19.5 Å². The molecule has 0 aliphatic rings. The molecule has 1 unspecified atom stereocenters. The lowest BCUT2D eigenvalue weighted by Gasteiger charge is -2.31. The van der Waals surface area contributed by atoms with Crippen LogP contribution in [0.4, 0.5) is 23.3 Å². The van der Waals surface area contributed by atoms with Gasteiger partial charge in [0.25, 0.3) is 5.69 Å². The normalized spacial score (nSPS) is 11.0. The van der Waals surface area contributed by atoms with Gasteiger partial charge in [-0.25, -0.2) is 4.79 Å². The Bertz CT molecular complexity index is 2240. The van der Waals surface area contributed by atoms with E-state index in [9.17, 15) is 29.1 Å². The molecule has 0 spiro atoms. The van der Waals surface area contributed by atoms with E-state index in [1.54, 1.807) is 24.1 Å². The number of carboxylic acids is 1. The van der Waals surface area contributed by atoms with Gasteiger partial charge in [-0.05, 0) is 88.0 Å². The van der Waals surface area contributed by atoms with Crippen molar-refractivity contribution in [2.24, 2.45) is 0 Å². The molecular formula is C40H53Cl4N8O12P. The van der Waals surface area contributed by atoms with Crippen molar-refractivity contribution in [2.45, 2.75) is 60.0 Å². The van der Waals surface area contributed by atoms with Gasteiger partial charge in [0.05, 0.1) is 48.2 Å². The van der Waals surface area contributed by atoms with E-state index in [-0.39, 0.29) is 51.2 Å². The highest BCUT2D eigenvalue weighted by Gasteiger charge is 2.25. The number of carbonyl (C=O) groups excluding carboxylic acids is 2. The summed E-state index contributed by atoms with van der Waals surface area (Å²) in [6, 6.07) is 14.7. The average molecular weight is 1010 g/mol. The summed E-state index contributed by atoms with van der Waals surface area (Å²) in [7, 11) is -1.32. The number of nitro groups is 1. The predicted octanol–water partition coefficient (Wildman–Crippen LogP) is 8.22. The Balaban J connectivity index is 0.000000450. The van der Waals surface area contributed by atoms with Crippen molar-refractivity contribution in [3.8, 4) is 11.5 Å². The molecule has 0 aliphatic carbocycles. The molecule has 1 aromatic heterocycles. The number of amides is 1. The van der Waals surface area contributed by atoms with Crippen LogP contribution in [0.3, 0.4) is 0 Å². The molecule has 65 heavy (non-hydrogen) atoms. The van der Waals surface area contributed by atoms with Gasteiger partial charge in [0.1, 0.15) is 22.9 Å². The van der Waals surface area contributed by atoms with Gasteiger partial charge in [0.2, 0.25) is 23.1 Å². The first kappa shape index (κ1) is 58.1. The molecule has 358 valence electrons. The number of rotatable bonds is 18. The Morgan fingerprint density at radius 2 is 1.63 bits per heavy atom. The number of benzene rings is 3. The Morgan fingerprint density at radius 3 is 2.15 bits per heavy atom. The Kier molecular flexibility index (Phi) is 26.5. The van der Waals surface area contributed by atoms with Gasteiger partial charge in [-0.3, -0.25) is 29.6 Å². The number of hydrogen-bond donors (Lipinski definition) is 6. The molecule has 4 rings (SSSR count). The summed E-state index contributed by atoms with van der Waals surface area (Å²) in [5, 5.41) is 27.9. The highest BCUT2D eigenvalue weighted by atomic mass is 35.5. The third-order valence-electron chi connectivity index (χ3n) is 7.82. The van der Waals surface area contributed by atoms with Crippen molar-refractivity contribution in [2.75, 3.05) is 61.6 Å². The lowest BCUT2D eigenvalue weighted by Crippen LogP contribution is -2.43. The second-order valence-corrected chi connectivity index (χ2v) is 16.6. The van der Waals surface area contributed by atoms with Crippen molar-refractivity contribution in [3.63, 3.8) is 0 Å². The number of nitro benzene ring substituents is 1. The average Bonchev–Trinajstić information content (AvgIpc) is 3.22. The number of carbonyl (C=O) groups is 3. The number of nitrogens with zero attached hydrogens (tertiary/aromatic N) is 5. The third kappa shape index (κ3) is 21.8. The van der Waals surface area contributed by atoms with Gasteiger partial charge in [-0.15, -0.1) is 11.6 Å². The molecule has 3 aromatic carbocycles. The Hall–Kier alpha value is -4.89. The number of hydrogen-bond acceptors (Lipinski definition) is 15. The van der Waals surface area contributed by atoms with Crippen molar-refractivity contribution in [3.05, 3.63) is 96.7 Å². The Morgan fingerprint density at radius 1 is 0.969 bits per heavy atom. The number of aliphatic carboxylic acids is 1. The minimum Gasteiger partial charge on any atom is -0.480 e. The van der Waals surface area contributed by atoms with E-state index in [1.165, 1.54) is 18.2 Å². The fourth-order valence-electron chi connectivity index (χ4n) is 5.24. The van der Waals surface area contributed by atoms with E-state index < -0.39 is 37.3 Å². The number of carboxylic acid groups (broad SMARTS) is 1. The van der Waals surface area contributed by atoms with E-state index in [2.05, 4.69) is 48.6 Å².